The van der Waals surface area contributed by atoms with E-state index in [1.165, 1.54) is 12.1 Å². The molecule has 1 saturated heterocycles. The lowest BCUT2D eigenvalue weighted by Gasteiger charge is -2.41. The van der Waals surface area contributed by atoms with Gasteiger partial charge >= 0.3 is 0 Å². The number of hydrogen-bond acceptors (Lipinski definition) is 3. The maximum atomic E-state index is 5.54. The first kappa shape index (κ1) is 15.6. The summed E-state index contributed by atoms with van der Waals surface area (Å²) >= 11 is 3.57. The van der Waals surface area contributed by atoms with Gasteiger partial charge in [0.2, 0.25) is 0 Å². The molecule has 0 radical (unpaired) electrons. The third kappa shape index (κ3) is 3.67. The molecule has 0 aliphatic carbocycles. The van der Waals surface area contributed by atoms with Gasteiger partial charge in [-0.3, -0.25) is 0 Å². The Labute approximate surface area is 130 Å². The number of nitrogens with zero attached hydrogens (tertiary/aromatic N) is 1. The molecule has 0 amide bonds. The van der Waals surface area contributed by atoms with Gasteiger partial charge in [0.1, 0.15) is 5.75 Å². The van der Waals surface area contributed by atoms with Gasteiger partial charge in [0.25, 0.3) is 0 Å². The highest BCUT2D eigenvalue weighted by atomic mass is 79.9. The molecule has 0 saturated carbocycles. The van der Waals surface area contributed by atoms with E-state index >= 15 is 0 Å². The van der Waals surface area contributed by atoms with Crippen LogP contribution in [0.15, 0.2) is 22.7 Å². The van der Waals surface area contributed by atoms with Crippen LogP contribution in [0.2, 0.25) is 0 Å². The Morgan fingerprint density at radius 1 is 1.45 bits per heavy atom. The van der Waals surface area contributed by atoms with Crippen LogP contribution in [-0.2, 0) is 0 Å². The molecule has 0 bridgehead atoms. The van der Waals surface area contributed by atoms with Crippen molar-refractivity contribution in [1.29, 1.82) is 0 Å². The van der Waals surface area contributed by atoms with Crippen molar-refractivity contribution in [2.75, 3.05) is 25.1 Å². The lowest BCUT2D eigenvalue weighted by atomic mass is 9.99. The highest BCUT2D eigenvalue weighted by molar-refractivity contribution is 9.10. The fraction of sp³-hybridized carbons (Fsp3) is 0.625. The van der Waals surface area contributed by atoms with E-state index in [9.17, 15) is 0 Å². The van der Waals surface area contributed by atoms with Gasteiger partial charge in [0.05, 0.1) is 12.8 Å². The Morgan fingerprint density at radius 3 is 2.85 bits per heavy atom. The number of halogens is 1. The zero-order valence-electron chi connectivity index (χ0n) is 12.8. The van der Waals surface area contributed by atoms with Crippen LogP contribution < -0.4 is 15.0 Å². The number of anilines is 1. The lowest BCUT2D eigenvalue weighted by Crippen LogP contribution is -2.56. The highest BCUT2D eigenvalue weighted by Crippen LogP contribution is 2.33. The van der Waals surface area contributed by atoms with Crippen molar-refractivity contribution in [3.05, 3.63) is 22.7 Å². The molecule has 0 aromatic heterocycles. The number of rotatable bonds is 4. The minimum absolute atomic E-state index is 0.474. The second kappa shape index (κ2) is 6.81. The number of piperazine rings is 1. The van der Waals surface area contributed by atoms with Crippen LogP contribution in [0.25, 0.3) is 0 Å². The molecule has 1 heterocycles. The Hall–Kier alpha value is -0.740. The largest absolute Gasteiger partial charge is 0.495 e. The zero-order chi connectivity index (χ0) is 14.7. The lowest BCUT2D eigenvalue weighted by molar-refractivity contribution is 0.351. The predicted molar refractivity (Wildman–Crippen MR) is 88.7 cm³/mol. The highest BCUT2D eigenvalue weighted by Gasteiger charge is 2.27. The Morgan fingerprint density at radius 2 is 2.20 bits per heavy atom. The van der Waals surface area contributed by atoms with E-state index in [-0.39, 0.29) is 0 Å². The quantitative estimate of drug-likeness (QED) is 0.904. The normalized spacial score (nSPS) is 23.2. The van der Waals surface area contributed by atoms with Crippen LogP contribution in [-0.4, -0.2) is 32.3 Å². The summed E-state index contributed by atoms with van der Waals surface area (Å²) in [5.41, 5.74) is 1.18. The van der Waals surface area contributed by atoms with E-state index in [1.807, 2.05) is 12.1 Å². The van der Waals surface area contributed by atoms with Crippen molar-refractivity contribution in [2.45, 2.75) is 39.3 Å². The molecule has 1 N–H and O–H groups in total. The molecule has 2 rings (SSSR count). The number of ether oxygens (including phenoxy) is 1. The summed E-state index contributed by atoms with van der Waals surface area (Å²) in [6, 6.07) is 7.25. The average molecular weight is 341 g/mol. The van der Waals surface area contributed by atoms with Crippen LogP contribution in [0.3, 0.4) is 0 Å². The van der Waals surface area contributed by atoms with Gasteiger partial charge < -0.3 is 15.0 Å². The van der Waals surface area contributed by atoms with E-state index in [2.05, 4.69) is 53.0 Å². The van der Waals surface area contributed by atoms with Gasteiger partial charge in [-0.05, 0) is 37.5 Å². The summed E-state index contributed by atoms with van der Waals surface area (Å²) in [7, 11) is 1.74. The van der Waals surface area contributed by atoms with Crippen LogP contribution in [0, 0.1) is 5.92 Å². The standard InChI is InChI=1S/C16H25BrN2O/c1-11(2)7-14-10-19(12(3)9-18-14)15-8-13(17)5-6-16(15)20-4/h5-6,8,11-12,14,18H,7,9-10H2,1-4H3. The SMILES string of the molecule is COc1ccc(Br)cc1N1CC(CC(C)C)NCC1C. The molecule has 1 aliphatic heterocycles. The Balaban J connectivity index is 2.22. The molecular formula is C16H25BrN2O. The van der Waals surface area contributed by atoms with E-state index in [1.54, 1.807) is 7.11 Å². The molecule has 112 valence electrons. The van der Waals surface area contributed by atoms with Gasteiger partial charge in [-0.15, -0.1) is 0 Å². The summed E-state index contributed by atoms with van der Waals surface area (Å²) in [5, 5.41) is 3.66. The third-order valence-electron chi connectivity index (χ3n) is 3.86. The van der Waals surface area contributed by atoms with Gasteiger partial charge in [-0.25, -0.2) is 0 Å². The number of hydrogen-bond donors (Lipinski definition) is 1. The molecule has 0 spiro atoms. The first-order valence-electron chi connectivity index (χ1n) is 7.34. The second-order valence-electron chi connectivity index (χ2n) is 6.05. The fourth-order valence-corrected chi connectivity index (χ4v) is 3.23. The van der Waals surface area contributed by atoms with Gasteiger partial charge in [0.15, 0.2) is 0 Å². The van der Waals surface area contributed by atoms with Crippen molar-refractivity contribution in [3.63, 3.8) is 0 Å². The molecule has 20 heavy (non-hydrogen) atoms. The summed E-state index contributed by atoms with van der Waals surface area (Å²) in [5.74, 6) is 1.66. The molecule has 1 aliphatic rings. The third-order valence-corrected chi connectivity index (χ3v) is 4.35. The Bertz CT molecular complexity index is 450. The van der Waals surface area contributed by atoms with Gasteiger partial charge in [-0.1, -0.05) is 29.8 Å². The van der Waals surface area contributed by atoms with E-state index in [0.29, 0.717) is 18.0 Å². The molecule has 2 atom stereocenters. The zero-order valence-corrected chi connectivity index (χ0v) is 14.4. The number of nitrogens with one attached hydrogen (secondary N) is 1. The van der Waals surface area contributed by atoms with E-state index in [0.717, 1.165) is 23.3 Å². The van der Waals surface area contributed by atoms with Crippen LogP contribution in [0.5, 0.6) is 5.75 Å². The second-order valence-corrected chi connectivity index (χ2v) is 6.97. The van der Waals surface area contributed by atoms with E-state index in [4.69, 9.17) is 4.74 Å². The number of benzene rings is 1. The maximum Gasteiger partial charge on any atom is 0.142 e. The minimum atomic E-state index is 0.474. The molecule has 4 heteroatoms. The van der Waals surface area contributed by atoms with Crippen molar-refractivity contribution >= 4 is 21.6 Å². The summed E-state index contributed by atoms with van der Waals surface area (Å²) < 4.78 is 6.63. The smallest absolute Gasteiger partial charge is 0.142 e. The topological polar surface area (TPSA) is 24.5 Å². The van der Waals surface area contributed by atoms with E-state index < -0.39 is 0 Å². The summed E-state index contributed by atoms with van der Waals surface area (Å²) in [6.07, 6.45) is 1.21. The molecule has 1 fully saturated rings. The van der Waals surface area contributed by atoms with Crippen molar-refractivity contribution < 1.29 is 4.74 Å². The van der Waals surface area contributed by atoms with Crippen molar-refractivity contribution in [1.82, 2.24) is 5.32 Å². The molecule has 1 aromatic carbocycles. The summed E-state index contributed by atoms with van der Waals surface area (Å²) in [6.45, 7) is 8.88. The summed E-state index contributed by atoms with van der Waals surface area (Å²) in [4.78, 5) is 2.47. The Kier molecular flexibility index (Phi) is 5.33. The monoisotopic (exact) mass is 340 g/mol. The van der Waals surface area contributed by atoms with Crippen LogP contribution in [0.4, 0.5) is 5.69 Å². The molecule has 3 nitrogen and oxygen atoms in total. The minimum Gasteiger partial charge on any atom is -0.495 e. The van der Waals surface area contributed by atoms with Crippen LogP contribution >= 0.6 is 15.9 Å². The van der Waals surface area contributed by atoms with Gasteiger partial charge in [0, 0.05) is 29.6 Å². The van der Waals surface area contributed by atoms with Crippen LogP contribution in [0.1, 0.15) is 27.2 Å². The van der Waals surface area contributed by atoms with Gasteiger partial charge in [-0.2, -0.15) is 0 Å². The van der Waals surface area contributed by atoms with Crippen molar-refractivity contribution in [2.24, 2.45) is 5.92 Å². The molecular weight excluding hydrogens is 316 g/mol. The fourth-order valence-electron chi connectivity index (χ4n) is 2.88. The molecule has 1 aromatic rings. The first-order valence-corrected chi connectivity index (χ1v) is 8.14. The predicted octanol–water partition coefficient (Wildman–Crippen LogP) is 3.67. The average Bonchev–Trinajstić information content (AvgIpc) is 2.40. The molecule has 2 unspecified atom stereocenters. The first-order chi connectivity index (χ1) is 9.51. The van der Waals surface area contributed by atoms with Crippen molar-refractivity contribution in [3.8, 4) is 5.75 Å². The maximum absolute atomic E-state index is 5.54. The number of methoxy groups -OCH3 is 1.